The van der Waals surface area contributed by atoms with Crippen LogP contribution >= 0.6 is 0 Å². The van der Waals surface area contributed by atoms with Crippen molar-refractivity contribution >= 4 is 17.3 Å². The van der Waals surface area contributed by atoms with Crippen LogP contribution in [-0.4, -0.2) is 16.4 Å². The lowest BCUT2D eigenvalue weighted by Gasteiger charge is -2.20. The summed E-state index contributed by atoms with van der Waals surface area (Å²) >= 11 is 0. The number of aromatic nitrogens is 1. The number of nitrogens with zero attached hydrogens (tertiary/aromatic N) is 1. The molecule has 0 unspecified atom stereocenters. The van der Waals surface area contributed by atoms with E-state index in [0.29, 0.717) is 5.69 Å². The van der Waals surface area contributed by atoms with Gasteiger partial charge in [-0.2, -0.15) is 13.2 Å². The quantitative estimate of drug-likeness (QED) is 0.874. The average Bonchev–Trinajstić information content (AvgIpc) is 2.45. The molecule has 1 amide bonds. The lowest BCUT2D eigenvalue weighted by Crippen LogP contribution is -2.40. The molecule has 1 heterocycles. The molecular weight excluding hydrogens is 319 g/mol. The van der Waals surface area contributed by atoms with Crippen LogP contribution in [0.3, 0.4) is 0 Å². The minimum atomic E-state index is -4.41. The zero-order valence-corrected chi connectivity index (χ0v) is 13.5. The van der Waals surface area contributed by atoms with E-state index >= 15 is 0 Å². The summed E-state index contributed by atoms with van der Waals surface area (Å²) in [5.74, 6) is -0.352. The van der Waals surface area contributed by atoms with Crippen LogP contribution in [-0.2, 0) is 6.18 Å². The third kappa shape index (κ3) is 4.97. The number of carbonyl (C=O) groups is 1. The molecule has 0 saturated carbocycles. The summed E-state index contributed by atoms with van der Waals surface area (Å²) in [6, 6.07) is 7.91. The van der Waals surface area contributed by atoms with Crippen molar-refractivity contribution in [1.82, 2.24) is 10.3 Å². The Balaban J connectivity index is 2.20. The zero-order chi connectivity index (χ0) is 18.0. The van der Waals surface area contributed by atoms with E-state index in [1.54, 1.807) is 6.07 Å². The van der Waals surface area contributed by atoms with Gasteiger partial charge in [-0.3, -0.25) is 9.78 Å². The first kappa shape index (κ1) is 17.8. The van der Waals surface area contributed by atoms with Crippen LogP contribution in [0.25, 0.3) is 0 Å². The molecule has 0 aliphatic rings. The fourth-order valence-electron chi connectivity index (χ4n) is 1.98. The second-order valence-electron chi connectivity index (χ2n) is 6.34. The number of halogens is 3. The van der Waals surface area contributed by atoms with E-state index in [1.807, 2.05) is 20.8 Å². The minimum Gasteiger partial charge on any atom is -0.355 e. The van der Waals surface area contributed by atoms with Gasteiger partial charge in [-0.15, -0.1) is 0 Å². The monoisotopic (exact) mass is 337 g/mol. The first-order valence-corrected chi connectivity index (χ1v) is 7.27. The van der Waals surface area contributed by atoms with Gasteiger partial charge in [-0.25, -0.2) is 0 Å². The number of benzene rings is 1. The highest BCUT2D eigenvalue weighted by atomic mass is 19.4. The number of rotatable bonds is 3. The Hall–Kier alpha value is -2.57. The van der Waals surface area contributed by atoms with Crippen LogP contribution in [0.5, 0.6) is 0 Å². The predicted octanol–water partition coefficient (Wildman–Crippen LogP) is 4.37. The maximum atomic E-state index is 12.7. The van der Waals surface area contributed by atoms with Crippen molar-refractivity contribution in [1.29, 1.82) is 0 Å². The SMILES string of the molecule is CC(C)(C)NC(=O)c1cc(Nc2cccc(C(F)(F)F)c2)ccn1. The van der Waals surface area contributed by atoms with Crippen molar-refractivity contribution in [2.24, 2.45) is 0 Å². The molecule has 0 spiro atoms. The van der Waals surface area contributed by atoms with Gasteiger partial charge < -0.3 is 10.6 Å². The van der Waals surface area contributed by atoms with E-state index in [9.17, 15) is 18.0 Å². The Morgan fingerprint density at radius 3 is 2.33 bits per heavy atom. The Labute approximate surface area is 138 Å². The molecule has 1 aromatic heterocycles. The van der Waals surface area contributed by atoms with Crippen molar-refractivity contribution in [2.45, 2.75) is 32.5 Å². The molecule has 0 fully saturated rings. The topological polar surface area (TPSA) is 54.0 Å². The number of amides is 1. The van der Waals surface area contributed by atoms with Gasteiger partial charge >= 0.3 is 6.18 Å². The van der Waals surface area contributed by atoms with E-state index in [0.717, 1.165) is 12.1 Å². The normalized spacial score (nSPS) is 11.9. The van der Waals surface area contributed by atoms with Crippen molar-refractivity contribution < 1.29 is 18.0 Å². The van der Waals surface area contributed by atoms with Gasteiger partial charge in [-0.1, -0.05) is 6.07 Å². The predicted molar refractivity (Wildman–Crippen MR) is 86.2 cm³/mol. The van der Waals surface area contributed by atoms with E-state index in [1.165, 1.54) is 24.4 Å². The molecule has 2 N–H and O–H groups in total. The van der Waals surface area contributed by atoms with Gasteiger partial charge in [0.2, 0.25) is 0 Å². The number of hydrogen-bond donors (Lipinski definition) is 2. The zero-order valence-electron chi connectivity index (χ0n) is 13.5. The van der Waals surface area contributed by atoms with Gasteiger partial charge in [0.05, 0.1) is 5.56 Å². The molecule has 24 heavy (non-hydrogen) atoms. The van der Waals surface area contributed by atoms with Gasteiger partial charge in [0.25, 0.3) is 5.91 Å². The highest BCUT2D eigenvalue weighted by Crippen LogP contribution is 2.31. The third-order valence-electron chi connectivity index (χ3n) is 2.96. The van der Waals surface area contributed by atoms with Crippen molar-refractivity contribution in [3.8, 4) is 0 Å². The van der Waals surface area contributed by atoms with E-state index in [4.69, 9.17) is 0 Å². The maximum Gasteiger partial charge on any atom is 0.416 e. The Morgan fingerprint density at radius 2 is 1.71 bits per heavy atom. The fourth-order valence-corrected chi connectivity index (χ4v) is 1.98. The van der Waals surface area contributed by atoms with Crippen LogP contribution in [0.4, 0.5) is 24.5 Å². The lowest BCUT2D eigenvalue weighted by molar-refractivity contribution is -0.137. The van der Waals surface area contributed by atoms with E-state index in [2.05, 4.69) is 15.6 Å². The molecule has 0 aliphatic carbocycles. The molecule has 0 bridgehead atoms. The van der Waals surface area contributed by atoms with Crippen LogP contribution in [0.1, 0.15) is 36.8 Å². The van der Waals surface area contributed by atoms with Crippen molar-refractivity contribution in [2.75, 3.05) is 5.32 Å². The number of carbonyl (C=O) groups excluding carboxylic acids is 1. The molecule has 0 aliphatic heterocycles. The maximum absolute atomic E-state index is 12.7. The first-order chi connectivity index (χ1) is 11.0. The van der Waals surface area contributed by atoms with E-state index < -0.39 is 17.3 Å². The van der Waals surface area contributed by atoms with Gasteiger partial charge in [-0.05, 0) is 51.1 Å². The first-order valence-electron chi connectivity index (χ1n) is 7.27. The summed E-state index contributed by atoms with van der Waals surface area (Å²) in [5, 5.41) is 5.63. The molecule has 128 valence electrons. The number of hydrogen-bond acceptors (Lipinski definition) is 3. The molecule has 0 saturated heterocycles. The summed E-state index contributed by atoms with van der Waals surface area (Å²) in [4.78, 5) is 16.1. The summed E-state index contributed by atoms with van der Waals surface area (Å²) in [6.07, 6.45) is -2.98. The highest BCUT2D eigenvalue weighted by molar-refractivity contribution is 5.93. The van der Waals surface area contributed by atoms with Crippen LogP contribution < -0.4 is 10.6 Å². The lowest BCUT2D eigenvalue weighted by atomic mass is 10.1. The second kappa shape index (κ2) is 6.51. The molecular formula is C17H18F3N3O. The molecule has 2 rings (SSSR count). The summed E-state index contributed by atoms with van der Waals surface area (Å²) in [7, 11) is 0. The number of pyridine rings is 1. The average molecular weight is 337 g/mol. The Bertz CT molecular complexity index is 736. The Kier molecular flexibility index (Phi) is 4.82. The standard InChI is InChI=1S/C17H18F3N3O/c1-16(2,3)23-15(24)14-10-13(7-8-21-14)22-12-6-4-5-11(9-12)17(18,19)20/h4-10H,1-3H3,(H,21,22)(H,23,24). The third-order valence-corrected chi connectivity index (χ3v) is 2.96. The molecule has 0 atom stereocenters. The van der Waals surface area contributed by atoms with E-state index in [-0.39, 0.29) is 17.3 Å². The molecule has 0 radical (unpaired) electrons. The fraction of sp³-hybridized carbons (Fsp3) is 0.294. The van der Waals surface area contributed by atoms with Gasteiger partial charge in [0.15, 0.2) is 0 Å². The number of anilines is 2. The minimum absolute atomic E-state index is 0.182. The molecule has 1 aromatic carbocycles. The van der Waals surface area contributed by atoms with Gasteiger partial charge in [0.1, 0.15) is 5.69 Å². The summed E-state index contributed by atoms with van der Waals surface area (Å²) in [6.45, 7) is 5.53. The van der Waals surface area contributed by atoms with Crippen molar-refractivity contribution in [3.05, 3.63) is 53.9 Å². The molecule has 4 nitrogen and oxygen atoms in total. The second-order valence-corrected chi connectivity index (χ2v) is 6.34. The van der Waals surface area contributed by atoms with Crippen LogP contribution in [0.15, 0.2) is 42.6 Å². The van der Waals surface area contributed by atoms with Gasteiger partial charge in [0, 0.05) is 23.1 Å². The van der Waals surface area contributed by atoms with Crippen LogP contribution in [0.2, 0.25) is 0 Å². The highest BCUT2D eigenvalue weighted by Gasteiger charge is 2.30. The van der Waals surface area contributed by atoms with Crippen molar-refractivity contribution in [3.63, 3.8) is 0 Å². The Morgan fingerprint density at radius 1 is 1.04 bits per heavy atom. The summed E-state index contributed by atoms with van der Waals surface area (Å²) in [5.41, 5.74) is -0.223. The number of nitrogens with one attached hydrogen (secondary N) is 2. The smallest absolute Gasteiger partial charge is 0.355 e. The largest absolute Gasteiger partial charge is 0.416 e. The molecule has 2 aromatic rings. The molecule has 7 heteroatoms. The van der Waals surface area contributed by atoms with Crippen LogP contribution in [0, 0.1) is 0 Å². The number of alkyl halides is 3. The summed E-state index contributed by atoms with van der Waals surface area (Å²) < 4.78 is 38.2.